The Bertz CT molecular complexity index is 962. The first-order chi connectivity index (χ1) is 12.6. The first-order valence-electron chi connectivity index (χ1n) is 8.84. The molecule has 1 aliphatic carbocycles. The molecule has 0 amide bonds. The SMILES string of the molecule is Cc1c2c(cc3c1O/C(=C\c1ccccc1Br)C3=O)CN(C1CC1)CO2. The zero-order valence-corrected chi connectivity index (χ0v) is 16.0. The van der Waals surface area contributed by atoms with Gasteiger partial charge in [0.2, 0.25) is 5.78 Å². The van der Waals surface area contributed by atoms with Crippen LogP contribution >= 0.6 is 15.9 Å². The number of allylic oxidation sites excluding steroid dienone is 1. The number of ketones is 1. The minimum atomic E-state index is -0.0646. The maximum absolute atomic E-state index is 12.9. The van der Waals surface area contributed by atoms with E-state index >= 15 is 0 Å². The van der Waals surface area contributed by atoms with Gasteiger partial charge in [0, 0.05) is 28.2 Å². The summed E-state index contributed by atoms with van der Waals surface area (Å²) in [5, 5.41) is 0. The number of ether oxygens (including phenoxy) is 2. The lowest BCUT2D eigenvalue weighted by atomic mass is 10.00. The lowest BCUT2D eigenvalue weighted by Crippen LogP contribution is -2.34. The molecule has 0 bridgehead atoms. The van der Waals surface area contributed by atoms with Crippen LogP contribution in [0.3, 0.4) is 0 Å². The normalized spacial score (nSPS) is 20.5. The summed E-state index contributed by atoms with van der Waals surface area (Å²) in [5.74, 6) is 1.80. The average Bonchev–Trinajstić information content (AvgIpc) is 3.44. The fourth-order valence-electron chi connectivity index (χ4n) is 3.67. The highest BCUT2D eigenvalue weighted by atomic mass is 79.9. The lowest BCUT2D eigenvalue weighted by molar-refractivity contribution is 0.0872. The van der Waals surface area contributed by atoms with Crippen molar-refractivity contribution in [3.63, 3.8) is 0 Å². The molecule has 0 spiro atoms. The van der Waals surface area contributed by atoms with Crippen molar-refractivity contribution in [1.29, 1.82) is 0 Å². The molecule has 2 heterocycles. The molecular weight excluding hydrogens is 394 g/mol. The molecule has 3 aliphatic rings. The van der Waals surface area contributed by atoms with E-state index in [9.17, 15) is 4.79 Å². The van der Waals surface area contributed by atoms with E-state index in [0.717, 1.165) is 33.5 Å². The molecule has 0 N–H and O–H groups in total. The average molecular weight is 412 g/mol. The molecule has 0 saturated heterocycles. The van der Waals surface area contributed by atoms with Crippen LogP contribution < -0.4 is 9.47 Å². The smallest absolute Gasteiger partial charge is 0.231 e. The number of rotatable bonds is 2. The van der Waals surface area contributed by atoms with E-state index < -0.39 is 0 Å². The molecule has 0 unspecified atom stereocenters. The van der Waals surface area contributed by atoms with Gasteiger partial charge in [0.15, 0.2) is 5.76 Å². The molecule has 1 fully saturated rings. The molecule has 2 aromatic carbocycles. The third-order valence-electron chi connectivity index (χ3n) is 5.22. The Kier molecular flexibility index (Phi) is 3.69. The van der Waals surface area contributed by atoms with Gasteiger partial charge in [-0.3, -0.25) is 9.69 Å². The van der Waals surface area contributed by atoms with Gasteiger partial charge >= 0.3 is 0 Å². The van der Waals surface area contributed by atoms with Gasteiger partial charge in [0.1, 0.15) is 18.2 Å². The van der Waals surface area contributed by atoms with Gasteiger partial charge in [-0.05, 0) is 43.5 Å². The minimum Gasteiger partial charge on any atom is -0.477 e. The maximum atomic E-state index is 12.9. The third kappa shape index (κ3) is 2.58. The summed E-state index contributed by atoms with van der Waals surface area (Å²) in [4.78, 5) is 15.3. The predicted octanol–water partition coefficient (Wildman–Crippen LogP) is 4.69. The molecule has 132 valence electrons. The predicted molar refractivity (Wildman–Crippen MR) is 102 cm³/mol. The van der Waals surface area contributed by atoms with Gasteiger partial charge in [-0.1, -0.05) is 34.1 Å². The second kappa shape index (κ2) is 5.96. The second-order valence-electron chi connectivity index (χ2n) is 7.08. The summed E-state index contributed by atoms with van der Waals surface area (Å²) in [6.45, 7) is 3.43. The zero-order chi connectivity index (χ0) is 17.8. The number of hydrogen-bond acceptors (Lipinski definition) is 4. The van der Waals surface area contributed by atoms with Crippen LogP contribution in [0.2, 0.25) is 0 Å². The lowest BCUT2D eigenvalue weighted by Gasteiger charge is -2.30. The molecular formula is C21H18BrNO3. The van der Waals surface area contributed by atoms with Gasteiger partial charge in [-0.25, -0.2) is 0 Å². The second-order valence-corrected chi connectivity index (χ2v) is 7.93. The topological polar surface area (TPSA) is 38.8 Å². The Balaban J connectivity index is 1.53. The van der Waals surface area contributed by atoms with Gasteiger partial charge < -0.3 is 9.47 Å². The summed E-state index contributed by atoms with van der Waals surface area (Å²) >= 11 is 3.52. The van der Waals surface area contributed by atoms with Crippen LogP contribution in [0.4, 0.5) is 0 Å². The highest BCUT2D eigenvalue weighted by Crippen LogP contribution is 2.44. The summed E-state index contributed by atoms with van der Waals surface area (Å²) < 4.78 is 12.9. The number of benzene rings is 2. The van der Waals surface area contributed by atoms with E-state index in [1.807, 2.05) is 37.3 Å². The number of carbonyl (C=O) groups is 1. The highest BCUT2D eigenvalue weighted by Gasteiger charge is 2.36. The fourth-order valence-corrected chi connectivity index (χ4v) is 4.07. The van der Waals surface area contributed by atoms with Crippen LogP contribution in [-0.4, -0.2) is 23.5 Å². The van der Waals surface area contributed by atoms with Crippen molar-refractivity contribution in [2.24, 2.45) is 0 Å². The van der Waals surface area contributed by atoms with Gasteiger partial charge in [-0.2, -0.15) is 0 Å². The van der Waals surface area contributed by atoms with E-state index in [0.29, 0.717) is 29.8 Å². The Hall–Kier alpha value is -2.11. The monoisotopic (exact) mass is 411 g/mol. The molecule has 2 aromatic rings. The summed E-state index contributed by atoms with van der Waals surface area (Å²) in [5.41, 5.74) is 3.55. The summed E-state index contributed by atoms with van der Waals surface area (Å²) in [6.07, 6.45) is 4.27. The number of Topliss-reactive ketones (excluding diaryl/α,β-unsaturated/α-hetero) is 1. The summed E-state index contributed by atoms with van der Waals surface area (Å²) in [7, 11) is 0. The molecule has 5 heteroatoms. The molecule has 0 aromatic heterocycles. The van der Waals surface area contributed by atoms with Crippen LogP contribution in [0.1, 0.15) is 39.9 Å². The first kappa shape index (κ1) is 16.1. The molecule has 5 rings (SSSR count). The van der Waals surface area contributed by atoms with Crippen LogP contribution in [0.5, 0.6) is 11.5 Å². The van der Waals surface area contributed by atoms with Crippen LogP contribution in [0.25, 0.3) is 6.08 Å². The number of nitrogens with zero attached hydrogens (tertiary/aromatic N) is 1. The number of hydrogen-bond donors (Lipinski definition) is 0. The van der Waals surface area contributed by atoms with Crippen LogP contribution in [0, 0.1) is 6.92 Å². The zero-order valence-electron chi connectivity index (χ0n) is 14.4. The number of carbonyl (C=O) groups excluding carboxylic acids is 1. The van der Waals surface area contributed by atoms with Crippen LogP contribution in [0.15, 0.2) is 40.6 Å². The van der Waals surface area contributed by atoms with E-state index in [1.165, 1.54) is 12.8 Å². The molecule has 2 aliphatic heterocycles. The van der Waals surface area contributed by atoms with Crippen molar-refractivity contribution in [2.45, 2.75) is 32.4 Å². The quantitative estimate of drug-likeness (QED) is 0.671. The van der Waals surface area contributed by atoms with Crippen molar-refractivity contribution < 1.29 is 14.3 Å². The minimum absolute atomic E-state index is 0.0646. The third-order valence-corrected chi connectivity index (χ3v) is 5.94. The van der Waals surface area contributed by atoms with Gasteiger partial charge in [0.25, 0.3) is 0 Å². The number of fused-ring (bicyclic) bond motifs is 2. The van der Waals surface area contributed by atoms with E-state index in [2.05, 4.69) is 20.8 Å². The Morgan fingerprint density at radius 3 is 2.81 bits per heavy atom. The standard InChI is InChI=1S/C21H18BrNO3/c1-12-20-14(10-23(11-25-20)15-6-7-15)8-16-19(24)18(26-21(12)16)9-13-4-2-3-5-17(13)22/h2-5,8-9,15H,6-7,10-11H2,1H3/b18-9-. The van der Waals surface area contributed by atoms with E-state index in [4.69, 9.17) is 9.47 Å². The Labute approximate surface area is 160 Å². The fraction of sp³-hybridized carbons (Fsp3) is 0.286. The van der Waals surface area contributed by atoms with Crippen molar-refractivity contribution in [1.82, 2.24) is 4.90 Å². The molecule has 4 nitrogen and oxygen atoms in total. The Morgan fingerprint density at radius 1 is 1.23 bits per heavy atom. The maximum Gasteiger partial charge on any atom is 0.231 e. The number of halogens is 1. The van der Waals surface area contributed by atoms with Gasteiger partial charge in [-0.15, -0.1) is 0 Å². The van der Waals surface area contributed by atoms with Crippen LogP contribution in [-0.2, 0) is 6.54 Å². The van der Waals surface area contributed by atoms with E-state index in [-0.39, 0.29) is 5.78 Å². The molecule has 26 heavy (non-hydrogen) atoms. The van der Waals surface area contributed by atoms with Crippen molar-refractivity contribution in [2.75, 3.05) is 6.73 Å². The van der Waals surface area contributed by atoms with E-state index in [1.54, 1.807) is 6.08 Å². The summed E-state index contributed by atoms with van der Waals surface area (Å²) in [6, 6.07) is 10.4. The van der Waals surface area contributed by atoms with Gasteiger partial charge in [0.05, 0.1) is 5.56 Å². The van der Waals surface area contributed by atoms with Crippen molar-refractivity contribution in [3.8, 4) is 11.5 Å². The van der Waals surface area contributed by atoms with Crippen molar-refractivity contribution in [3.05, 3.63) is 62.8 Å². The first-order valence-corrected chi connectivity index (χ1v) is 9.63. The molecule has 0 radical (unpaired) electrons. The highest BCUT2D eigenvalue weighted by molar-refractivity contribution is 9.10. The molecule has 0 atom stereocenters. The Morgan fingerprint density at radius 2 is 2.04 bits per heavy atom. The van der Waals surface area contributed by atoms with Crippen molar-refractivity contribution >= 4 is 27.8 Å². The molecule has 1 saturated carbocycles. The largest absolute Gasteiger partial charge is 0.477 e.